The van der Waals surface area contributed by atoms with Crippen molar-refractivity contribution in [1.82, 2.24) is 4.98 Å². The van der Waals surface area contributed by atoms with Crippen molar-refractivity contribution in [3.05, 3.63) is 48.2 Å². The van der Waals surface area contributed by atoms with E-state index in [9.17, 15) is 4.79 Å². The van der Waals surface area contributed by atoms with E-state index in [0.29, 0.717) is 11.6 Å². The lowest BCUT2D eigenvalue weighted by atomic mass is 10.2. The molecule has 0 spiro atoms. The summed E-state index contributed by atoms with van der Waals surface area (Å²) in [7, 11) is 1.70. The molecule has 1 aliphatic heterocycles. The molecule has 5 heteroatoms. The highest BCUT2D eigenvalue weighted by molar-refractivity contribution is 5.93. The van der Waals surface area contributed by atoms with Crippen LogP contribution in [-0.4, -0.2) is 37.0 Å². The van der Waals surface area contributed by atoms with Crippen LogP contribution in [0.2, 0.25) is 0 Å². The van der Waals surface area contributed by atoms with Gasteiger partial charge in [0.2, 0.25) is 0 Å². The van der Waals surface area contributed by atoms with Crippen LogP contribution in [-0.2, 0) is 0 Å². The van der Waals surface area contributed by atoms with E-state index in [-0.39, 0.29) is 5.78 Å². The first-order valence-electron chi connectivity index (χ1n) is 7.79. The number of pyridine rings is 1. The Morgan fingerprint density at radius 3 is 2.83 bits per heavy atom. The number of Topliss-reactive ketones (excluding diaryl/α,β-unsaturated/α-hetero) is 1. The summed E-state index contributed by atoms with van der Waals surface area (Å²) in [6, 6.07) is 12.1. The van der Waals surface area contributed by atoms with E-state index in [1.165, 1.54) is 0 Å². The third kappa shape index (κ3) is 3.44. The molecule has 2 aromatic rings. The number of carbonyl (C=O) groups is 1. The first-order chi connectivity index (χ1) is 11.2. The largest absolute Gasteiger partial charge is 0.495 e. The number of ether oxygens (including phenoxy) is 1. The minimum absolute atomic E-state index is 0.0345. The molecule has 23 heavy (non-hydrogen) atoms. The lowest BCUT2D eigenvalue weighted by Gasteiger charge is -2.21. The molecule has 2 heterocycles. The highest BCUT2D eigenvalue weighted by atomic mass is 16.5. The number of hydrogen-bond donors (Lipinski definition) is 1. The minimum Gasteiger partial charge on any atom is -0.495 e. The van der Waals surface area contributed by atoms with Crippen LogP contribution >= 0.6 is 0 Å². The van der Waals surface area contributed by atoms with Crippen LogP contribution in [0.5, 0.6) is 5.75 Å². The molecule has 1 aromatic carbocycles. The molecule has 1 N–H and O–H groups in total. The number of carbonyl (C=O) groups excluding carboxylic acids is 1. The summed E-state index contributed by atoms with van der Waals surface area (Å²) in [5, 5.41) is 3.44. The predicted octanol–water partition coefficient (Wildman–Crippen LogP) is 2.98. The highest BCUT2D eigenvalue weighted by Crippen LogP contribution is 2.30. The standard InChI is InChI=1S/C18H21N3O2/c1-13(22)14-7-8-18(19-11-14)20-15-9-10-21(12-15)16-5-3-4-6-17(16)23-2/h3-8,11,15H,9-10,12H2,1-2H3,(H,19,20)/t15-/m1/s1. The molecule has 0 bridgehead atoms. The fourth-order valence-corrected chi connectivity index (χ4v) is 2.88. The van der Waals surface area contributed by atoms with Crippen LogP contribution in [0.4, 0.5) is 11.5 Å². The van der Waals surface area contributed by atoms with E-state index >= 15 is 0 Å². The maximum Gasteiger partial charge on any atom is 0.161 e. The SMILES string of the molecule is COc1ccccc1N1CC[C@@H](Nc2ccc(C(C)=O)cn2)C1. The summed E-state index contributed by atoms with van der Waals surface area (Å²) in [4.78, 5) is 17.9. The van der Waals surface area contributed by atoms with Crippen molar-refractivity contribution in [3.63, 3.8) is 0 Å². The molecule has 1 aliphatic rings. The van der Waals surface area contributed by atoms with Gasteiger partial charge in [0, 0.05) is 30.9 Å². The van der Waals surface area contributed by atoms with Gasteiger partial charge in [-0.15, -0.1) is 0 Å². The van der Waals surface area contributed by atoms with Crippen molar-refractivity contribution in [2.24, 2.45) is 0 Å². The quantitative estimate of drug-likeness (QED) is 0.860. The second-order valence-corrected chi connectivity index (χ2v) is 5.74. The second-order valence-electron chi connectivity index (χ2n) is 5.74. The predicted molar refractivity (Wildman–Crippen MR) is 91.5 cm³/mol. The Hall–Kier alpha value is -2.56. The average Bonchev–Trinajstić information content (AvgIpc) is 3.03. The fourth-order valence-electron chi connectivity index (χ4n) is 2.88. The van der Waals surface area contributed by atoms with Gasteiger partial charge in [-0.3, -0.25) is 4.79 Å². The van der Waals surface area contributed by atoms with Crippen molar-refractivity contribution in [2.75, 3.05) is 30.4 Å². The van der Waals surface area contributed by atoms with Gasteiger partial charge in [-0.2, -0.15) is 0 Å². The van der Waals surface area contributed by atoms with E-state index in [0.717, 1.165) is 36.8 Å². The van der Waals surface area contributed by atoms with Crippen LogP contribution in [0, 0.1) is 0 Å². The van der Waals surface area contributed by atoms with Gasteiger partial charge in [0.15, 0.2) is 5.78 Å². The summed E-state index contributed by atoms with van der Waals surface area (Å²) < 4.78 is 5.44. The molecule has 0 aliphatic carbocycles. The maximum absolute atomic E-state index is 11.3. The third-order valence-corrected chi connectivity index (χ3v) is 4.14. The molecule has 0 saturated carbocycles. The van der Waals surface area contributed by atoms with Crippen molar-refractivity contribution in [2.45, 2.75) is 19.4 Å². The second kappa shape index (κ2) is 6.69. The number of ketones is 1. The minimum atomic E-state index is 0.0345. The molecule has 0 amide bonds. The van der Waals surface area contributed by atoms with Crippen LogP contribution in [0.3, 0.4) is 0 Å². The molecule has 1 atom stereocenters. The number of hydrogen-bond acceptors (Lipinski definition) is 5. The Kier molecular flexibility index (Phi) is 4.46. The molecule has 1 saturated heterocycles. The van der Waals surface area contributed by atoms with E-state index < -0.39 is 0 Å². The monoisotopic (exact) mass is 311 g/mol. The van der Waals surface area contributed by atoms with Crippen molar-refractivity contribution >= 4 is 17.3 Å². The zero-order chi connectivity index (χ0) is 16.2. The van der Waals surface area contributed by atoms with Gasteiger partial charge in [0.25, 0.3) is 0 Å². The number of rotatable bonds is 5. The molecule has 1 aromatic heterocycles. The molecule has 120 valence electrons. The summed E-state index contributed by atoms with van der Waals surface area (Å²) in [6.07, 6.45) is 2.66. The number of anilines is 2. The summed E-state index contributed by atoms with van der Waals surface area (Å²) in [5.74, 6) is 1.74. The number of benzene rings is 1. The van der Waals surface area contributed by atoms with E-state index in [1.807, 2.05) is 30.3 Å². The number of aromatic nitrogens is 1. The lowest BCUT2D eigenvalue weighted by molar-refractivity contribution is 0.101. The lowest BCUT2D eigenvalue weighted by Crippen LogP contribution is -2.26. The van der Waals surface area contributed by atoms with Crippen LogP contribution < -0.4 is 15.0 Å². The van der Waals surface area contributed by atoms with Gasteiger partial charge in [-0.1, -0.05) is 12.1 Å². The summed E-state index contributed by atoms with van der Waals surface area (Å²) in [6.45, 7) is 3.42. The number of nitrogens with one attached hydrogen (secondary N) is 1. The van der Waals surface area contributed by atoms with Crippen LogP contribution in [0.15, 0.2) is 42.6 Å². The van der Waals surface area contributed by atoms with Gasteiger partial charge in [0.1, 0.15) is 11.6 Å². The van der Waals surface area contributed by atoms with Gasteiger partial charge >= 0.3 is 0 Å². The maximum atomic E-state index is 11.3. The van der Waals surface area contributed by atoms with E-state index in [1.54, 1.807) is 20.2 Å². The van der Waals surface area contributed by atoms with Crippen molar-refractivity contribution in [1.29, 1.82) is 0 Å². The zero-order valence-corrected chi connectivity index (χ0v) is 13.5. The fraction of sp³-hybridized carbons (Fsp3) is 0.333. The smallest absolute Gasteiger partial charge is 0.161 e. The number of methoxy groups -OCH3 is 1. The molecular weight excluding hydrogens is 290 g/mol. The molecule has 3 rings (SSSR count). The molecule has 1 fully saturated rings. The Morgan fingerprint density at radius 2 is 2.13 bits per heavy atom. The van der Waals surface area contributed by atoms with Gasteiger partial charge in [0.05, 0.1) is 12.8 Å². The number of nitrogens with zero attached hydrogens (tertiary/aromatic N) is 2. The van der Waals surface area contributed by atoms with Gasteiger partial charge in [-0.05, 0) is 37.6 Å². The molecule has 0 unspecified atom stereocenters. The molecule has 5 nitrogen and oxygen atoms in total. The Morgan fingerprint density at radius 1 is 1.30 bits per heavy atom. The topological polar surface area (TPSA) is 54.5 Å². The van der Waals surface area contributed by atoms with Gasteiger partial charge < -0.3 is 15.0 Å². The summed E-state index contributed by atoms with van der Waals surface area (Å²) >= 11 is 0. The highest BCUT2D eigenvalue weighted by Gasteiger charge is 2.24. The Labute approximate surface area is 136 Å². The molecule has 0 radical (unpaired) electrons. The number of para-hydroxylation sites is 2. The molecular formula is C18H21N3O2. The van der Waals surface area contributed by atoms with Crippen LogP contribution in [0.25, 0.3) is 0 Å². The third-order valence-electron chi connectivity index (χ3n) is 4.14. The van der Waals surface area contributed by atoms with Crippen LogP contribution in [0.1, 0.15) is 23.7 Å². The van der Waals surface area contributed by atoms with Crippen molar-refractivity contribution < 1.29 is 9.53 Å². The first-order valence-corrected chi connectivity index (χ1v) is 7.79. The van der Waals surface area contributed by atoms with E-state index in [4.69, 9.17) is 4.74 Å². The van der Waals surface area contributed by atoms with E-state index in [2.05, 4.69) is 21.3 Å². The Balaban J connectivity index is 1.64. The Bertz CT molecular complexity index is 685. The van der Waals surface area contributed by atoms with Crippen molar-refractivity contribution in [3.8, 4) is 5.75 Å². The zero-order valence-electron chi connectivity index (χ0n) is 13.5. The van der Waals surface area contributed by atoms with Gasteiger partial charge in [-0.25, -0.2) is 4.98 Å². The summed E-state index contributed by atoms with van der Waals surface area (Å²) in [5.41, 5.74) is 1.76. The average molecular weight is 311 g/mol. The first kappa shape index (κ1) is 15.3. The normalized spacial score (nSPS) is 17.1.